The van der Waals surface area contributed by atoms with Gasteiger partial charge in [0, 0.05) is 42.8 Å². The van der Waals surface area contributed by atoms with Crippen molar-refractivity contribution in [2.75, 3.05) is 20.7 Å². The first-order valence-electron chi connectivity index (χ1n) is 7.35. The second-order valence-electron chi connectivity index (χ2n) is 5.93. The number of likely N-dealkylation sites (N-methyl/N-ethyl adjacent to an activating group) is 1. The van der Waals surface area contributed by atoms with Gasteiger partial charge < -0.3 is 14.7 Å². The number of rotatable bonds is 3. The van der Waals surface area contributed by atoms with Crippen LogP contribution in [0, 0.1) is 0 Å². The summed E-state index contributed by atoms with van der Waals surface area (Å²) in [6.45, 7) is 0.931. The standard InChI is InChI=1S/C17H21NO3/c1-18-8-7-17(6-5-14(20)10-16(17)18)13-4-3-12(11-19)15(9-13)21-2/h3-4,9-10,19H,5-8,11H2,1-2H3. The first-order chi connectivity index (χ1) is 10.1. The molecule has 4 nitrogen and oxygen atoms in total. The van der Waals surface area contributed by atoms with Crippen LogP contribution in [0.3, 0.4) is 0 Å². The third-order valence-corrected chi connectivity index (χ3v) is 4.88. The van der Waals surface area contributed by atoms with Crippen molar-refractivity contribution in [3.05, 3.63) is 41.1 Å². The van der Waals surface area contributed by atoms with Crippen LogP contribution >= 0.6 is 0 Å². The molecule has 1 N–H and O–H groups in total. The maximum Gasteiger partial charge on any atom is 0.157 e. The van der Waals surface area contributed by atoms with E-state index >= 15 is 0 Å². The number of nitrogens with zero attached hydrogens (tertiary/aromatic N) is 1. The van der Waals surface area contributed by atoms with Crippen molar-refractivity contribution in [1.29, 1.82) is 0 Å². The summed E-state index contributed by atoms with van der Waals surface area (Å²) in [6, 6.07) is 6.01. The molecule has 21 heavy (non-hydrogen) atoms. The van der Waals surface area contributed by atoms with Gasteiger partial charge in [-0.05, 0) is 24.5 Å². The van der Waals surface area contributed by atoms with Crippen LogP contribution in [0.25, 0.3) is 0 Å². The van der Waals surface area contributed by atoms with E-state index in [1.165, 1.54) is 5.56 Å². The van der Waals surface area contributed by atoms with Gasteiger partial charge in [-0.2, -0.15) is 0 Å². The van der Waals surface area contributed by atoms with Crippen LogP contribution in [0.5, 0.6) is 5.75 Å². The van der Waals surface area contributed by atoms with Crippen LogP contribution in [0.1, 0.15) is 30.4 Å². The minimum Gasteiger partial charge on any atom is -0.496 e. The maximum absolute atomic E-state index is 11.8. The van der Waals surface area contributed by atoms with E-state index in [2.05, 4.69) is 11.0 Å². The van der Waals surface area contributed by atoms with E-state index in [-0.39, 0.29) is 17.8 Å². The van der Waals surface area contributed by atoms with Crippen molar-refractivity contribution in [1.82, 2.24) is 4.90 Å². The van der Waals surface area contributed by atoms with Crippen LogP contribution in [-0.4, -0.2) is 36.5 Å². The summed E-state index contributed by atoms with van der Waals surface area (Å²) in [7, 11) is 3.67. The van der Waals surface area contributed by atoms with Gasteiger partial charge >= 0.3 is 0 Å². The van der Waals surface area contributed by atoms with Crippen molar-refractivity contribution in [2.45, 2.75) is 31.3 Å². The minimum atomic E-state index is -0.0794. The van der Waals surface area contributed by atoms with E-state index in [1.807, 2.05) is 25.3 Å². The van der Waals surface area contributed by atoms with Gasteiger partial charge in [-0.3, -0.25) is 4.79 Å². The van der Waals surface area contributed by atoms with Gasteiger partial charge in [-0.15, -0.1) is 0 Å². The molecule has 0 saturated carbocycles. The van der Waals surface area contributed by atoms with E-state index in [0.29, 0.717) is 6.42 Å². The van der Waals surface area contributed by atoms with Crippen molar-refractivity contribution >= 4 is 5.78 Å². The molecule has 1 saturated heterocycles. The molecule has 0 radical (unpaired) electrons. The third-order valence-electron chi connectivity index (χ3n) is 4.88. The molecule has 0 amide bonds. The van der Waals surface area contributed by atoms with E-state index < -0.39 is 0 Å². The Morgan fingerprint density at radius 1 is 1.38 bits per heavy atom. The molecule has 1 atom stereocenters. The summed E-state index contributed by atoms with van der Waals surface area (Å²) < 4.78 is 5.40. The summed E-state index contributed by atoms with van der Waals surface area (Å²) >= 11 is 0. The summed E-state index contributed by atoms with van der Waals surface area (Å²) in [5, 5.41) is 9.37. The van der Waals surface area contributed by atoms with E-state index in [4.69, 9.17) is 4.74 Å². The SMILES string of the molecule is COc1cc(C23CCC(=O)C=C2N(C)CC3)ccc1CO. The first-order valence-corrected chi connectivity index (χ1v) is 7.35. The highest BCUT2D eigenvalue weighted by molar-refractivity contribution is 5.92. The lowest BCUT2D eigenvalue weighted by Gasteiger charge is -2.35. The number of benzene rings is 1. The number of ketones is 1. The molecule has 4 heteroatoms. The van der Waals surface area contributed by atoms with Gasteiger partial charge in [0.15, 0.2) is 5.78 Å². The molecule has 2 aliphatic rings. The number of allylic oxidation sites excluding steroid dienone is 2. The molecule has 0 spiro atoms. The molecule has 112 valence electrons. The maximum atomic E-state index is 11.8. The quantitative estimate of drug-likeness (QED) is 0.924. The monoisotopic (exact) mass is 287 g/mol. The summed E-state index contributed by atoms with van der Waals surface area (Å²) in [4.78, 5) is 14.0. The van der Waals surface area contributed by atoms with E-state index in [1.54, 1.807) is 7.11 Å². The Kier molecular flexibility index (Phi) is 3.49. The van der Waals surface area contributed by atoms with Crippen molar-refractivity contribution in [3.63, 3.8) is 0 Å². The van der Waals surface area contributed by atoms with Gasteiger partial charge in [-0.1, -0.05) is 12.1 Å². The minimum absolute atomic E-state index is 0.0302. The predicted molar refractivity (Wildman–Crippen MR) is 80.2 cm³/mol. The number of carbonyl (C=O) groups is 1. The molecule has 3 rings (SSSR count). The van der Waals surface area contributed by atoms with Crippen LogP contribution < -0.4 is 4.74 Å². The van der Waals surface area contributed by atoms with E-state index in [9.17, 15) is 9.90 Å². The average molecular weight is 287 g/mol. The van der Waals surface area contributed by atoms with Gasteiger partial charge in [0.2, 0.25) is 0 Å². The summed E-state index contributed by atoms with van der Waals surface area (Å²) in [6.07, 6.45) is 4.28. The van der Waals surface area contributed by atoms with E-state index in [0.717, 1.165) is 36.4 Å². The summed E-state index contributed by atoms with van der Waals surface area (Å²) in [5.74, 6) is 0.934. The molecule has 1 aromatic carbocycles. The molecule has 1 aliphatic carbocycles. The fraction of sp³-hybridized carbons (Fsp3) is 0.471. The highest BCUT2D eigenvalue weighted by atomic mass is 16.5. The fourth-order valence-corrected chi connectivity index (χ4v) is 3.64. The van der Waals surface area contributed by atoms with Crippen LogP contribution in [0.4, 0.5) is 0 Å². The third kappa shape index (κ3) is 2.14. The molecule has 0 aromatic heterocycles. The molecule has 0 bridgehead atoms. The first kappa shape index (κ1) is 14.1. The fourth-order valence-electron chi connectivity index (χ4n) is 3.64. The highest BCUT2D eigenvalue weighted by Gasteiger charge is 2.45. The summed E-state index contributed by atoms with van der Waals surface area (Å²) in [5.41, 5.74) is 3.02. The van der Waals surface area contributed by atoms with Gasteiger partial charge in [0.05, 0.1) is 13.7 Å². The lowest BCUT2D eigenvalue weighted by molar-refractivity contribution is -0.115. The number of hydrogen-bond acceptors (Lipinski definition) is 4. The number of carbonyl (C=O) groups excluding carboxylic acids is 1. The number of ether oxygens (including phenoxy) is 1. The lowest BCUT2D eigenvalue weighted by atomic mass is 9.70. The van der Waals surface area contributed by atoms with Crippen molar-refractivity contribution in [2.24, 2.45) is 0 Å². The topological polar surface area (TPSA) is 49.8 Å². The molecular formula is C17H21NO3. The Balaban J connectivity index is 2.10. The number of aliphatic hydroxyl groups excluding tert-OH is 1. The van der Waals surface area contributed by atoms with Gasteiger partial charge in [0.1, 0.15) is 5.75 Å². The van der Waals surface area contributed by atoms with Gasteiger partial charge in [0.25, 0.3) is 0 Å². The molecule has 1 fully saturated rings. The van der Waals surface area contributed by atoms with Crippen molar-refractivity contribution < 1.29 is 14.6 Å². The second-order valence-corrected chi connectivity index (χ2v) is 5.93. The Morgan fingerprint density at radius 2 is 2.19 bits per heavy atom. The molecule has 1 aromatic rings. The Labute approximate surface area is 125 Å². The average Bonchev–Trinajstić information content (AvgIpc) is 2.85. The normalized spacial score (nSPS) is 24.8. The zero-order valence-corrected chi connectivity index (χ0v) is 12.6. The molecule has 1 heterocycles. The smallest absolute Gasteiger partial charge is 0.157 e. The Hall–Kier alpha value is -1.81. The molecule has 1 aliphatic heterocycles. The Bertz CT molecular complexity index is 608. The number of hydrogen-bond donors (Lipinski definition) is 1. The zero-order chi connectivity index (χ0) is 15.0. The second kappa shape index (κ2) is 5.19. The van der Waals surface area contributed by atoms with Crippen LogP contribution in [0.15, 0.2) is 30.0 Å². The highest BCUT2D eigenvalue weighted by Crippen LogP contribution is 2.48. The van der Waals surface area contributed by atoms with Crippen molar-refractivity contribution in [3.8, 4) is 5.75 Å². The number of likely N-dealkylation sites (tertiary alicyclic amines) is 1. The molecular weight excluding hydrogens is 266 g/mol. The Morgan fingerprint density at radius 3 is 2.90 bits per heavy atom. The number of fused-ring (bicyclic) bond motifs is 1. The largest absolute Gasteiger partial charge is 0.496 e. The van der Waals surface area contributed by atoms with Crippen LogP contribution in [-0.2, 0) is 16.8 Å². The molecule has 1 unspecified atom stereocenters. The van der Waals surface area contributed by atoms with Gasteiger partial charge in [-0.25, -0.2) is 0 Å². The number of aliphatic hydroxyl groups is 1. The van der Waals surface area contributed by atoms with Crippen LogP contribution in [0.2, 0.25) is 0 Å². The lowest BCUT2D eigenvalue weighted by Crippen LogP contribution is -2.32. The number of methoxy groups -OCH3 is 1. The predicted octanol–water partition coefficient (Wildman–Crippen LogP) is 2.01. The zero-order valence-electron chi connectivity index (χ0n) is 12.6.